The Kier molecular flexibility index (Phi) is 2.90. The number of nitrogens with zero attached hydrogens (tertiary/aromatic N) is 4. The molecule has 0 amide bonds. The lowest BCUT2D eigenvalue weighted by Gasteiger charge is -2.05. The number of carbonyl (C=O) groups excluding carboxylic acids is 1. The Balaban J connectivity index is 1.98. The number of benzene rings is 1. The van der Waals surface area contributed by atoms with Gasteiger partial charge in [-0.1, -0.05) is 35.0 Å². The van der Waals surface area contributed by atoms with Gasteiger partial charge in [-0.3, -0.25) is 4.79 Å². The van der Waals surface area contributed by atoms with Crippen LogP contribution < -0.4 is 9.62 Å². The van der Waals surface area contributed by atoms with Crippen molar-refractivity contribution < 1.29 is 14.4 Å². The van der Waals surface area contributed by atoms with Gasteiger partial charge in [0.1, 0.15) is 0 Å². The lowest BCUT2D eigenvalue weighted by molar-refractivity contribution is -0.584. The van der Waals surface area contributed by atoms with Gasteiger partial charge in [-0.2, -0.15) is 0 Å². The van der Waals surface area contributed by atoms with Gasteiger partial charge in [-0.25, -0.2) is 0 Å². The average molecular weight is 268 g/mol. The minimum absolute atomic E-state index is 0.0144. The fraction of sp³-hybridized carbons (Fsp3) is 0.143. The van der Waals surface area contributed by atoms with Crippen LogP contribution in [0.15, 0.2) is 42.7 Å². The fourth-order valence-electron chi connectivity index (χ4n) is 2.07. The van der Waals surface area contributed by atoms with Crippen molar-refractivity contribution in [3.8, 4) is 5.75 Å². The van der Waals surface area contributed by atoms with E-state index in [9.17, 15) is 9.90 Å². The van der Waals surface area contributed by atoms with Crippen molar-refractivity contribution in [2.45, 2.75) is 13.5 Å². The summed E-state index contributed by atoms with van der Waals surface area (Å²) in [5.41, 5.74) is 1.50. The van der Waals surface area contributed by atoms with E-state index in [1.165, 1.54) is 21.6 Å². The molecule has 2 aromatic heterocycles. The van der Waals surface area contributed by atoms with E-state index in [0.717, 1.165) is 0 Å². The fourth-order valence-corrected chi connectivity index (χ4v) is 2.07. The zero-order chi connectivity index (χ0) is 14.1. The van der Waals surface area contributed by atoms with Crippen molar-refractivity contribution >= 4 is 11.4 Å². The first-order valence-corrected chi connectivity index (χ1v) is 6.15. The number of aromatic nitrogens is 4. The maximum atomic E-state index is 12.1. The molecule has 6 nitrogen and oxygen atoms in total. The van der Waals surface area contributed by atoms with Gasteiger partial charge in [0, 0.05) is 10.7 Å². The summed E-state index contributed by atoms with van der Waals surface area (Å²) in [5, 5.41) is 20.2. The molecule has 20 heavy (non-hydrogen) atoms. The van der Waals surface area contributed by atoms with E-state index in [-0.39, 0.29) is 18.1 Å². The largest absolute Gasteiger partial charge is 0.868 e. The maximum absolute atomic E-state index is 12.1. The van der Waals surface area contributed by atoms with Gasteiger partial charge in [0.25, 0.3) is 12.0 Å². The molecule has 0 atom stereocenters. The molecule has 0 aliphatic carbocycles. The molecule has 0 unspecified atom stereocenters. The molecule has 0 radical (unpaired) electrons. The van der Waals surface area contributed by atoms with Crippen molar-refractivity contribution in [3.05, 3.63) is 54.0 Å². The van der Waals surface area contributed by atoms with E-state index in [0.29, 0.717) is 16.9 Å². The second kappa shape index (κ2) is 4.73. The summed E-state index contributed by atoms with van der Waals surface area (Å²) in [7, 11) is 0. The van der Waals surface area contributed by atoms with Crippen LogP contribution in [0.1, 0.15) is 16.1 Å². The molecule has 0 bridgehead atoms. The first kappa shape index (κ1) is 12.3. The molecule has 1 aromatic carbocycles. The number of carbonyl (C=O) groups is 1. The number of fused-ring (bicyclic) bond motifs is 1. The molecule has 0 saturated carbocycles. The molecule has 0 saturated heterocycles. The predicted octanol–water partition coefficient (Wildman–Crippen LogP) is 0.282. The number of aryl methyl sites for hydroxylation is 1. The Bertz CT molecular complexity index is 780. The van der Waals surface area contributed by atoms with Gasteiger partial charge in [0.2, 0.25) is 0 Å². The van der Waals surface area contributed by atoms with Crippen molar-refractivity contribution in [1.82, 2.24) is 14.9 Å². The third-order valence-corrected chi connectivity index (χ3v) is 2.98. The van der Waals surface area contributed by atoms with Crippen LogP contribution in [0, 0.1) is 6.92 Å². The Morgan fingerprint density at radius 3 is 2.85 bits per heavy atom. The molecule has 100 valence electrons. The standard InChI is InChI=1S/C14H12N4O2/c1-10-7-12(19)14-17(15-9-18(14)16-10)8-13(20)11-5-3-2-4-6-11/h2-7,9H,8H2,1H3. The molecule has 0 spiro atoms. The predicted molar refractivity (Wildman–Crippen MR) is 68.1 cm³/mol. The van der Waals surface area contributed by atoms with Crippen LogP contribution in [0.2, 0.25) is 0 Å². The highest BCUT2D eigenvalue weighted by Gasteiger charge is 2.17. The summed E-state index contributed by atoms with van der Waals surface area (Å²) in [5.74, 6) is -0.299. The number of hydrogen-bond donors (Lipinski definition) is 0. The van der Waals surface area contributed by atoms with Gasteiger partial charge in [-0.15, -0.1) is 9.61 Å². The van der Waals surface area contributed by atoms with Crippen LogP contribution in [0.25, 0.3) is 5.65 Å². The van der Waals surface area contributed by atoms with Gasteiger partial charge >= 0.3 is 0 Å². The molecule has 6 heteroatoms. The quantitative estimate of drug-likeness (QED) is 0.505. The smallest absolute Gasteiger partial charge is 0.289 e. The lowest BCUT2D eigenvalue weighted by Crippen LogP contribution is -2.27. The molecule has 3 aromatic rings. The number of rotatable bonds is 3. The van der Waals surface area contributed by atoms with Crippen molar-refractivity contribution in [2.75, 3.05) is 0 Å². The van der Waals surface area contributed by atoms with Crippen LogP contribution in [-0.2, 0) is 6.54 Å². The van der Waals surface area contributed by atoms with Gasteiger partial charge < -0.3 is 5.11 Å². The summed E-state index contributed by atoms with van der Waals surface area (Å²) in [6.07, 6.45) is 1.43. The van der Waals surface area contributed by atoms with E-state index in [1.807, 2.05) is 6.07 Å². The van der Waals surface area contributed by atoms with Crippen molar-refractivity contribution in [1.29, 1.82) is 0 Å². The van der Waals surface area contributed by atoms with Gasteiger partial charge in [-0.05, 0) is 18.7 Å². The van der Waals surface area contributed by atoms with Gasteiger partial charge in [0.05, 0.1) is 5.69 Å². The molecule has 0 aliphatic heterocycles. The van der Waals surface area contributed by atoms with E-state index in [2.05, 4.69) is 10.2 Å². The van der Waals surface area contributed by atoms with Crippen LogP contribution in [-0.4, -0.2) is 20.7 Å². The van der Waals surface area contributed by atoms with E-state index < -0.39 is 0 Å². The molecule has 0 N–H and O–H groups in total. The third kappa shape index (κ3) is 2.11. The van der Waals surface area contributed by atoms with Crippen LogP contribution in [0.5, 0.6) is 5.75 Å². The molecule has 2 heterocycles. The van der Waals surface area contributed by atoms with Gasteiger partial charge in [0.15, 0.2) is 12.3 Å². The first-order chi connectivity index (χ1) is 9.65. The summed E-state index contributed by atoms with van der Waals surface area (Å²) in [6.45, 7) is 1.75. The third-order valence-electron chi connectivity index (χ3n) is 2.98. The minimum atomic E-state index is -0.198. The highest BCUT2D eigenvalue weighted by atomic mass is 16.3. The SMILES string of the molecule is Cc1cc([O-])c2n(CC(=O)c3ccccc3)nc[n+]2n1. The van der Waals surface area contributed by atoms with Crippen molar-refractivity contribution in [2.24, 2.45) is 0 Å². The zero-order valence-electron chi connectivity index (χ0n) is 10.9. The average Bonchev–Trinajstić information content (AvgIpc) is 2.82. The number of hydrogen-bond acceptors (Lipinski definition) is 4. The van der Waals surface area contributed by atoms with E-state index >= 15 is 0 Å². The zero-order valence-corrected chi connectivity index (χ0v) is 10.9. The molecular formula is C14H12N4O2. The summed E-state index contributed by atoms with van der Waals surface area (Å²) in [4.78, 5) is 12.1. The number of ketones is 1. The Morgan fingerprint density at radius 2 is 2.10 bits per heavy atom. The first-order valence-electron chi connectivity index (χ1n) is 6.15. The highest BCUT2D eigenvalue weighted by Crippen LogP contribution is 2.11. The highest BCUT2D eigenvalue weighted by molar-refractivity contribution is 5.96. The summed E-state index contributed by atoms with van der Waals surface area (Å²) in [6, 6.07) is 10.3. The summed E-state index contributed by atoms with van der Waals surface area (Å²) >= 11 is 0. The van der Waals surface area contributed by atoms with Crippen LogP contribution >= 0.6 is 0 Å². The Morgan fingerprint density at radius 1 is 1.35 bits per heavy atom. The normalized spacial score (nSPS) is 10.8. The second-order valence-electron chi connectivity index (χ2n) is 4.50. The maximum Gasteiger partial charge on any atom is 0.289 e. The molecule has 0 fully saturated rings. The van der Waals surface area contributed by atoms with E-state index in [4.69, 9.17) is 0 Å². The molecule has 3 rings (SSSR count). The van der Waals surface area contributed by atoms with Crippen molar-refractivity contribution in [3.63, 3.8) is 0 Å². The molecule has 0 aliphatic rings. The number of Topliss-reactive ketones (excluding diaryl/α,β-unsaturated/α-hetero) is 1. The topological polar surface area (TPSA) is 74.9 Å². The summed E-state index contributed by atoms with van der Waals surface area (Å²) < 4.78 is 2.78. The Labute approximate surface area is 114 Å². The monoisotopic (exact) mass is 268 g/mol. The lowest BCUT2D eigenvalue weighted by atomic mass is 10.1. The minimum Gasteiger partial charge on any atom is -0.868 e. The second-order valence-corrected chi connectivity index (χ2v) is 4.50. The molecular weight excluding hydrogens is 256 g/mol. The van der Waals surface area contributed by atoms with E-state index in [1.54, 1.807) is 31.2 Å². The van der Waals surface area contributed by atoms with Crippen LogP contribution in [0.4, 0.5) is 0 Å². The Hall–Kier alpha value is -2.76. The van der Waals surface area contributed by atoms with Crippen LogP contribution in [0.3, 0.4) is 0 Å².